The van der Waals surface area contributed by atoms with Crippen LogP contribution in [0.5, 0.6) is 0 Å². The number of fused-ring (bicyclic) bond motifs is 1. The number of nitrogens with zero attached hydrogens (tertiary/aromatic N) is 1. The lowest BCUT2D eigenvalue weighted by atomic mass is 10.0. The second-order valence-corrected chi connectivity index (χ2v) is 6.43. The van der Waals surface area contributed by atoms with E-state index >= 15 is 0 Å². The van der Waals surface area contributed by atoms with Crippen LogP contribution in [0.2, 0.25) is 0 Å². The number of halogens is 4. The van der Waals surface area contributed by atoms with Gasteiger partial charge in [-0.2, -0.15) is 0 Å². The monoisotopic (exact) mass is 412 g/mol. The topological polar surface area (TPSA) is 50.6 Å². The fraction of sp³-hybridized carbons (Fsp3) is 0. The molecule has 2 aromatic heterocycles. The van der Waals surface area contributed by atoms with Gasteiger partial charge in [-0.05, 0) is 42.5 Å². The molecule has 4 nitrogen and oxygen atoms in total. The molecule has 0 saturated heterocycles. The minimum Gasteiger partial charge on any atom is -0.317 e. The third-order valence-electron chi connectivity index (χ3n) is 4.50. The highest BCUT2D eigenvalue weighted by molar-refractivity contribution is 6.47. The van der Waals surface area contributed by atoms with Crippen LogP contribution < -0.4 is 5.32 Å². The van der Waals surface area contributed by atoms with Crippen molar-refractivity contribution >= 4 is 22.9 Å². The summed E-state index contributed by atoms with van der Waals surface area (Å²) in [5, 5.41) is 2.10. The van der Waals surface area contributed by atoms with E-state index in [0.29, 0.717) is 17.6 Å². The van der Waals surface area contributed by atoms with Crippen molar-refractivity contribution in [3.8, 4) is 11.1 Å². The SMILES string of the molecule is O=C(Nc1ccc(F)cc1F)C(=O)c1c(-c2ccc(F)cc2F)cc2ccccn12. The molecule has 0 saturated carbocycles. The molecule has 0 bridgehead atoms. The first kappa shape index (κ1) is 19.4. The molecule has 0 fully saturated rings. The fourth-order valence-electron chi connectivity index (χ4n) is 3.15. The van der Waals surface area contributed by atoms with Gasteiger partial charge >= 0.3 is 0 Å². The molecule has 4 aromatic rings. The van der Waals surface area contributed by atoms with Crippen molar-refractivity contribution in [2.75, 3.05) is 5.32 Å². The average Bonchev–Trinajstić information content (AvgIpc) is 3.08. The maximum atomic E-state index is 14.4. The molecule has 0 aliphatic carbocycles. The summed E-state index contributed by atoms with van der Waals surface area (Å²) >= 11 is 0. The third-order valence-corrected chi connectivity index (χ3v) is 4.50. The average molecular weight is 412 g/mol. The van der Waals surface area contributed by atoms with E-state index in [4.69, 9.17) is 0 Å². The molecular formula is C22H12F4N2O2. The van der Waals surface area contributed by atoms with Gasteiger partial charge in [-0.25, -0.2) is 17.6 Å². The van der Waals surface area contributed by atoms with Crippen molar-refractivity contribution in [1.29, 1.82) is 0 Å². The van der Waals surface area contributed by atoms with Gasteiger partial charge in [-0.15, -0.1) is 0 Å². The summed E-state index contributed by atoms with van der Waals surface area (Å²) in [4.78, 5) is 25.5. The Kier molecular flexibility index (Phi) is 4.83. The summed E-state index contributed by atoms with van der Waals surface area (Å²) in [5.74, 6) is -5.89. The molecule has 2 aromatic carbocycles. The Bertz CT molecular complexity index is 1310. The van der Waals surface area contributed by atoms with Crippen LogP contribution in [0.15, 0.2) is 66.9 Å². The maximum absolute atomic E-state index is 14.4. The number of aromatic nitrogens is 1. The fourth-order valence-corrected chi connectivity index (χ4v) is 3.15. The number of rotatable bonds is 4. The lowest BCUT2D eigenvalue weighted by molar-refractivity contribution is -0.112. The van der Waals surface area contributed by atoms with Crippen molar-refractivity contribution < 1.29 is 27.2 Å². The van der Waals surface area contributed by atoms with E-state index < -0.39 is 35.0 Å². The molecule has 0 aliphatic rings. The molecule has 8 heteroatoms. The lowest BCUT2D eigenvalue weighted by Gasteiger charge is -2.09. The second-order valence-electron chi connectivity index (χ2n) is 6.43. The molecule has 0 aliphatic heterocycles. The second kappa shape index (κ2) is 7.47. The normalized spacial score (nSPS) is 10.9. The number of hydrogen-bond donors (Lipinski definition) is 1. The zero-order valence-electron chi connectivity index (χ0n) is 15.1. The molecule has 4 rings (SSSR count). The molecule has 0 atom stereocenters. The van der Waals surface area contributed by atoms with E-state index in [0.717, 1.165) is 24.3 Å². The molecule has 30 heavy (non-hydrogen) atoms. The molecule has 0 spiro atoms. The van der Waals surface area contributed by atoms with Gasteiger partial charge in [0.25, 0.3) is 11.7 Å². The molecule has 0 radical (unpaired) electrons. The van der Waals surface area contributed by atoms with Crippen molar-refractivity contribution in [2.24, 2.45) is 0 Å². The number of ketones is 1. The van der Waals surface area contributed by atoms with Crippen LogP contribution in [0.4, 0.5) is 23.2 Å². The number of amides is 1. The van der Waals surface area contributed by atoms with Crippen LogP contribution in [0, 0.1) is 23.3 Å². The number of nitrogens with one attached hydrogen (secondary N) is 1. The van der Waals surface area contributed by atoms with Gasteiger partial charge in [0.05, 0.1) is 5.69 Å². The molecule has 1 amide bonds. The van der Waals surface area contributed by atoms with E-state index in [2.05, 4.69) is 5.32 Å². The van der Waals surface area contributed by atoms with Crippen molar-refractivity contribution in [3.63, 3.8) is 0 Å². The van der Waals surface area contributed by atoms with Gasteiger partial charge in [0.15, 0.2) is 0 Å². The zero-order chi connectivity index (χ0) is 21.4. The Hall–Kier alpha value is -3.94. The van der Waals surface area contributed by atoms with E-state index in [1.54, 1.807) is 18.2 Å². The minimum atomic E-state index is -1.20. The zero-order valence-corrected chi connectivity index (χ0v) is 15.1. The van der Waals surface area contributed by atoms with E-state index in [1.165, 1.54) is 16.7 Å². The Morgan fingerprint density at radius 3 is 2.17 bits per heavy atom. The number of carbonyl (C=O) groups excluding carboxylic acids is 2. The summed E-state index contributed by atoms with van der Waals surface area (Å²) in [6.07, 6.45) is 1.50. The Morgan fingerprint density at radius 1 is 0.767 bits per heavy atom. The predicted molar refractivity (Wildman–Crippen MR) is 102 cm³/mol. The molecule has 0 unspecified atom stereocenters. The van der Waals surface area contributed by atoms with Crippen LogP contribution in [-0.4, -0.2) is 16.1 Å². The van der Waals surface area contributed by atoms with Crippen LogP contribution in [-0.2, 0) is 4.79 Å². The largest absolute Gasteiger partial charge is 0.317 e. The standard InChI is InChI=1S/C22H12F4N2O2/c23-12-4-6-15(17(25)9-12)16-11-14-3-1-2-8-28(14)20(16)21(29)22(30)27-19-7-5-13(24)10-18(19)26/h1-11H,(H,27,30). The first-order valence-corrected chi connectivity index (χ1v) is 8.71. The predicted octanol–water partition coefficient (Wildman–Crippen LogP) is 4.98. The van der Waals surface area contributed by atoms with Crippen molar-refractivity contribution in [2.45, 2.75) is 0 Å². The smallest absolute Gasteiger partial charge is 0.298 e. The van der Waals surface area contributed by atoms with Gasteiger partial charge in [-0.3, -0.25) is 9.59 Å². The number of anilines is 1. The maximum Gasteiger partial charge on any atom is 0.298 e. The number of pyridine rings is 1. The number of Topliss-reactive ketones (excluding diaryl/α,β-unsaturated/α-hetero) is 1. The number of carbonyl (C=O) groups is 2. The van der Waals surface area contributed by atoms with E-state index in [-0.39, 0.29) is 22.5 Å². The highest BCUT2D eigenvalue weighted by atomic mass is 19.1. The number of benzene rings is 2. The minimum absolute atomic E-state index is 0.0680. The first-order valence-electron chi connectivity index (χ1n) is 8.71. The Balaban J connectivity index is 1.80. The lowest BCUT2D eigenvalue weighted by Crippen LogP contribution is -2.25. The first-order chi connectivity index (χ1) is 14.3. The Labute approximate surface area is 167 Å². The number of hydrogen-bond acceptors (Lipinski definition) is 2. The van der Waals surface area contributed by atoms with Crippen LogP contribution in [0.1, 0.15) is 10.5 Å². The molecule has 2 heterocycles. The summed E-state index contributed by atoms with van der Waals surface area (Å²) in [7, 11) is 0. The quantitative estimate of drug-likeness (QED) is 0.292. The summed E-state index contributed by atoms with van der Waals surface area (Å²) < 4.78 is 56.0. The van der Waals surface area contributed by atoms with Crippen LogP contribution in [0.3, 0.4) is 0 Å². The summed E-state index contributed by atoms with van der Waals surface area (Å²) in [5.41, 5.74) is -0.0933. The van der Waals surface area contributed by atoms with Crippen molar-refractivity contribution in [1.82, 2.24) is 4.40 Å². The summed E-state index contributed by atoms with van der Waals surface area (Å²) in [6, 6.07) is 11.7. The highest BCUT2D eigenvalue weighted by Gasteiger charge is 2.26. The Morgan fingerprint density at radius 2 is 1.47 bits per heavy atom. The van der Waals surface area contributed by atoms with Crippen molar-refractivity contribution in [3.05, 3.63) is 95.8 Å². The molecular weight excluding hydrogens is 400 g/mol. The van der Waals surface area contributed by atoms with Crippen LogP contribution >= 0.6 is 0 Å². The van der Waals surface area contributed by atoms with Crippen LogP contribution in [0.25, 0.3) is 16.6 Å². The van der Waals surface area contributed by atoms with E-state index in [9.17, 15) is 27.2 Å². The van der Waals surface area contributed by atoms with Gasteiger partial charge in [0.2, 0.25) is 0 Å². The van der Waals surface area contributed by atoms with E-state index in [1.807, 2.05) is 0 Å². The highest BCUT2D eigenvalue weighted by Crippen LogP contribution is 2.31. The van der Waals surface area contributed by atoms with Gasteiger partial charge < -0.3 is 9.72 Å². The molecule has 1 N–H and O–H groups in total. The van der Waals surface area contributed by atoms with Gasteiger partial charge in [0.1, 0.15) is 29.0 Å². The van der Waals surface area contributed by atoms with Gasteiger partial charge in [0, 0.05) is 35.0 Å². The van der Waals surface area contributed by atoms with Gasteiger partial charge in [-0.1, -0.05) is 6.07 Å². The summed E-state index contributed by atoms with van der Waals surface area (Å²) in [6.45, 7) is 0. The molecule has 150 valence electrons. The third kappa shape index (κ3) is 3.43.